The van der Waals surface area contributed by atoms with Crippen LogP contribution in [0.1, 0.15) is 26.2 Å². The molecule has 0 spiro atoms. The molecule has 0 N–H and O–H groups in total. The van der Waals surface area contributed by atoms with Gasteiger partial charge in [0.2, 0.25) is 0 Å². The lowest BCUT2D eigenvalue weighted by Crippen LogP contribution is -2.07. The van der Waals surface area contributed by atoms with Crippen LogP contribution in [0.3, 0.4) is 0 Å². The minimum atomic E-state index is -3.98. The fourth-order valence-electron chi connectivity index (χ4n) is 0.728. The van der Waals surface area contributed by atoms with Gasteiger partial charge in [0.05, 0.1) is 0 Å². The van der Waals surface area contributed by atoms with E-state index in [-0.39, 0.29) is 6.42 Å². The van der Waals surface area contributed by atoms with Gasteiger partial charge in [-0.1, -0.05) is 22.9 Å². The standard InChI is InChI=1S/C7H12BrF3/c1-6(5-8)3-2-4-7(9,10)11/h6H,2-5H2,1H3. The monoisotopic (exact) mass is 232 g/mol. The van der Waals surface area contributed by atoms with Crippen molar-refractivity contribution in [1.29, 1.82) is 0 Å². The van der Waals surface area contributed by atoms with E-state index in [4.69, 9.17) is 0 Å². The summed E-state index contributed by atoms with van der Waals surface area (Å²) in [5.41, 5.74) is 0. The quantitative estimate of drug-likeness (QED) is 0.648. The Hall–Kier alpha value is 0.270. The normalized spacial score (nSPS) is 15.0. The Morgan fingerprint density at radius 2 is 1.91 bits per heavy atom. The Morgan fingerprint density at radius 3 is 2.27 bits per heavy atom. The minimum Gasteiger partial charge on any atom is -0.171 e. The molecule has 0 saturated carbocycles. The highest BCUT2D eigenvalue weighted by atomic mass is 79.9. The van der Waals surface area contributed by atoms with E-state index in [1.807, 2.05) is 6.92 Å². The van der Waals surface area contributed by atoms with Crippen molar-refractivity contribution in [1.82, 2.24) is 0 Å². The largest absolute Gasteiger partial charge is 0.389 e. The molecule has 0 aliphatic heterocycles. The first kappa shape index (κ1) is 11.3. The summed E-state index contributed by atoms with van der Waals surface area (Å²) in [6.45, 7) is 1.94. The lowest BCUT2D eigenvalue weighted by Gasteiger charge is -2.08. The molecule has 1 unspecified atom stereocenters. The van der Waals surface area contributed by atoms with Crippen molar-refractivity contribution in [2.45, 2.75) is 32.4 Å². The molecule has 0 aliphatic rings. The van der Waals surface area contributed by atoms with E-state index in [9.17, 15) is 13.2 Å². The first-order chi connectivity index (χ1) is 4.95. The molecule has 68 valence electrons. The topological polar surface area (TPSA) is 0 Å². The Labute approximate surface area is 73.3 Å². The number of rotatable bonds is 4. The van der Waals surface area contributed by atoms with Crippen molar-refractivity contribution in [3.8, 4) is 0 Å². The van der Waals surface area contributed by atoms with Crippen molar-refractivity contribution in [2.24, 2.45) is 5.92 Å². The van der Waals surface area contributed by atoms with Gasteiger partial charge in [-0.05, 0) is 18.8 Å². The highest BCUT2D eigenvalue weighted by Gasteiger charge is 2.26. The molecule has 0 aliphatic carbocycles. The predicted molar refractivity (Wildman–Crippen MR) is 42.9 cm³/mol. The Kier molecular flexibility index (Phi) is 5.13. The molecule has 0 aromatic heterocycles. The van der Waals surface area contributed by atoms with Gasteiger partial charge in [0.25, 0.3) is 0 Å². The van der Waals surface area contributed by atoms with E-state index in [0.29, 0.717) is 12.3 Å². The van der Waals surface area contributed by atoms with Crippen molar-refractivity contribution >= 4 is 15.9 Å². The molecule has 0 amide bonds. The average Bonchev–Trinajstić information content (AvgIpc) is 1.85. The maximum Gasteiger partial charge on any atom is 0.389 e. The first-order valence-electron chi connectivity index (χ1n) is 3.58. The second kappa shape index (κ2) is 5.01. The van der Waals surface area contributed by atoms with Crippen molar-refractivity contribution in [3.05, 3.63) is 0 Å². The zero-order chi connectivity index (χ0) is 8.91. The highest BCUT2D eigenvalue weighted by Crippen LogP contribution is 2.23. The minimum absolute atomic E-state index is 0.246. The summed E-state index contributed by atoms with van der Waals surface area (Å²) in [6, 6.07) is 0. The summed E-state index contributed by atoms with van der Waals surface area (Å²) >= 11 is 3.21. The van der Waals surface area contributed by atoms with Crippen LogP contribution >= 0.6 is 15.9 Å². The molecule has 4 heteroatoms. The molecule has 0 heterocycles. The molecule has 0 saturated heterocycles. The first-order valence-corrected chi connectivity index (χ1v) is 4.70. The maximum atomic E-state index is 11.6. The van der Waals surface area contributed by atoms with Crippen LogP contribution in [-0.2, 0) is 0 Å². The zero-order valence-electron chi connectivity index (χ0n) is 6.42. The number of halogens is 4. The summed E-state index contributed by atoms with van der Waals surface area (Å²) in [4.78, 5) is 0. The van der Waals surface area contributed by atoms with Gasteiger partial charge < -0.3 is 0 Å². The third-order valence-electron chi connectivity index (χ3n) is 1.42. The second-order valence-electron chi connectivity index (χ2n) is 2.77. The number of alkyl halides is 4. The van der Waals surface area contributed by atoms with E-state index in [2.05, 4.69) is 15.9 Å². The van der Waals surface area contributed by atoms with Gasteiger partial charge in [0.1, 0.15) is 0 Å². The molecule has 11 heavy (non-hydrogen) atoms. The molecular formula is C7H12BrF3. The Balaban J connectivity index is 3.28. The highest BCUT2D eigenvalue weighted by molar-refractivity contribution is 9.09. The van der Waals surface area contributed by atoms with Gasteiger partial charge >= 0.3 is 6.18 Å². The van der Waals surface area contributed by atoms with Crippen LogP contribution in [-0.4, -0.2) is 11.5 Å². The summed E-state index contributed by atoms with van der Waals surface area (Å²) in [5.74, 6) is 0.345. The van der Waals surface area contributed by atoms with Gasteiger partial charge in [0, 0.05) is 11.8 Å². The van der Waals surface area contributed by atoms with Crippen LogP contribution in [0, 0.1) is 5.92 Å². The van der Waals surface area contributed by atoms with Crippen LogP contribution in [0.2, 0.25) is 0 Å². The van der Waals surface area contributed by atoms with Gasteiger partial charge in [-0.2, -0.15) is 13.2 Å². The fourth-order valence-corrected chi connectivity index (χ4v) is 1.05. The maximum absolute atomic E-state index is 11.6. The molecule has 0 bridgehead atoms. The molecule has 0 fully saturated rings. The molecular weight excluding hydrogens is 221 g/mol. The third kappa shape index (κ3) is 8.17. The van der Waals surface area contributed by atoms with Crippen LogP contribution in [0.4, 0.5) is 13.2 Å². The molecule has 0 aromatic rings. The summed E-state index contributed by atoms with van der Waals surface area (Å²) < 4.78 is 34.8. The van der Waals surface area contributed by atoms with Crippen LogP contribution < -0.4 is 0 Å². The molecule has 0 rings (SSSR count). The van der Waals surface area contributed by atoms with Gasteiger partial charge in [-0.3, -0.25) is 0 Å². The Morgan fingerprint density at radius 1 is 1.36 bits per heavy atom. The van der Waals surface area contributed by atoms with Crippen molar-refractivity contribution in [3.63, 3.8) is 0 Å². The number of hydrogen-bond acceptors (Lipinski definition) is 0. The lowest BCUT2D eigenvalue weighted by molar-refractivity contribution is -0.135. The Bertz CT molecular complexity index is 100. The SMILES string of the molecule is CC(CBr)CCCC(F)(F)F. The predicted octanol–water partition coefficient (Wildman–Crippen LogP) is 3.75. The van der Waals surface area contributed by atoms with E-state index in [1.54, 1.807) is 0 Å². The lowest BCUT2D eigenvalue weighted by atomic mass is 10.1. The van der Waals surface area contributed by atoms with E-state index in [0.717, 1.165) is 5.33 Å². The second-order valence-corrected chi connectivity index (χ2v) is 3.41. The zero-order valence-corrected chi connectivity index (χ0v) is 8.00. The van der Waals surface area contributed by atoms with E-state index < -0.39 is 12.6 Å². The van der Waals surface area contributed by atoms with E-state index >= 15 is 0 Å². The summed E-state index contributed by atoms with van der Waals surface area (Å²) in [5, 5.41) is 0.783. The summed E-state index contributed by atoms with van der Waals surface area (Å²) in [7, 11) is 0. The van der Waals surface area contributed by atoms with Gasteiger partial charge in [0.15, 0.2) is 0 Å². The van der Waals surface area contributed by atoms with Crippen LogP contribution in [0.5, 0.6) is 0 Å². The van der Waals surface area contributed by atoms with Crippen molar-refractivity contribution < 1.29 is 13.2 Å². The molecule has 0 radical (unpaired) electrons. The smallest absolute Gasteiger partial charge is 0.171 e. The van der Waals surface area contributed by atoms with E-state index in [1.165, 1.54) is 0 Å². The molecule has 1 atom stereocenters. The molecule has 0 nitrogen and oxygen atoms in total. The summed E-state index contributed by atoms with van der Waals surface area (Å²) in [6.07, 6.45) is -3.74. The van der Waals surface area contributed by atoms with Crippen molar-refractivity contribution in [2.75, 3.05) is 5.33 Å². The average molecular weight is 233 g/mol. The number of hydrogen-bond donors (Lipinski definition) is 0. The van der Waals surface area contributed by atoms with Crippen LogP contribution in [0.25, 0.3) is 0 Å². The fraction of sp³-hybridized carbons (Fsp3) is 1.00. The van der Waals surface area contributed by atoms with Gasteiger partial charge in [-0.15, -0.1) is 0 Å². The van der Waals surface area contributed by atoms with Crippen LogP contribution in [0.15, 0.2) is 0 Å². The van der Waals surface area contributed by atoms with Gasteiger partial charge in [-0.25, -0.2) is 0 Å². The molecule has 0 aromatic carbocycles. The third-order valence-corrected chi connectivity index (χ3v) is 2.53.